The summed E-state index contributed by atoms with van der Waals surface area (Å²) in [4.78, 5) is 22.7. The van der Waals surface area contributed by atoms with Crippen molar-refractivity contribution in [2.45, 2.75) is 92.1 Å². The molecule has 5 nitrogen and oxygen atoms in total. The minimum Gasteiger partial charge on any atom is -0.461 e. The maximum absolute atomic E-state index is 11.5. The van der Waals surface area contributed by atoms with E-state index >= 15 is 0 Å². The molecule has 0 aromatic heterocycles. The topological polar surface area (TPSA) is 72.8 Å². The Bertz CT molecular complexity index is 810. The highest BCUT2D eigenvalue weighted by Crippen LogP contribution is 2.42. The minimum atomic E-state index is -0.438. The maximum Gasteiger partial charge on any atom is 0.331 e. The average Bonchev–Trinajstić information content (AvgIpc) is 3.08. The molecule has 1 atom stereocenters. The Labute approximate surface area is 193 Å². The Morgan fingerprint density at radius 1 is 1.28 bits per heavy atom. The number of hydrogen-bond acceptors (Lipinski definition) is 5. The van der Waals surface area contributed by atoms with Crippen LogP contribution in [0.15, 0.2) is 46.1 Å². The first-order chi connectivity index (χ1) is 15.1. The van der Waals surface area contributed by atoms with E-state index in [4.69, 9.17) is 9.47 Å². The van der Waals surface area contributed by atoms with Gasteiger partial charge >= 0.3 is 11.9 Å². The van der Waals surface area contributed by atoms with Gasteiger partial charge in [0.25, 0.3) is 0 Å². The molecule has 0 saturated carbocycles. The molecule has 0 aromatic carbocycles. The van der Waals surface area contributed by atoms with Crippen molar-refractivity contribution in [3.05, 3.63) is 46.1 Å². The number of carbonyl (C=O) groups is 2. The molecule has 32 heavy (non-hydrogen) atoms. The highest BCUT2D eigenvalue weighted by atomic mass is 16.5. The molecule has 0 aromatic rings. The molecule has 0 spiro atoms. The quantitative estimate of drug-likeness (QED) is 0.325. The van der Waals surface area contributed by atoms with Crippen LogP contribution in [-0.2, 0) is 19.1 Å². The van der Waals surface area contributed by atoms with Crippen molar-refractivity contribution in [3.8, 4) is 0 Å². The zero-order chi connectivity index (χ0) is 23.7. The van der Waals surface area contributed by atoms with Gasteiger partial charge in [-0.2, -0.15) is 0 Å². The lowest BCUT2D eigenvalue weighted by atomic mass is 9.71. The predicted molar refractivity (Wildman–Crippen MR) is 127 cm³/mol. The van der Waals surface area contributed by atoms with E-state index in [9.17, 15) is 14.7 Å². The van der Waals surface area contributed by atoms with E-state index in [1.165, 1.54) is 37.8 Å². The number of rotatable bonds is 11. The molecule has 0 saturated heterocycles. The maximum atomic E-state index is 11.5. The van der Waals surface area contributed by atoms with E-state index < -0.39 is 12.1 Å². The fourth-order valence-electron chi connectivity index (χ4n) is 4.70. The molecular weight excluding hydrogens is 404 g/mol. The van der Waals surface area contributed by atoms with Gasteiger partial charge < -0.3 is 14.6 Å². The van der Waals surface area contributed by atoms with Crippen LogP contribution in [0.5, 0.6) is 0 Å². The molecule has 0 amide bonds. The number of carbonyl (C=O) groups excluding carboxylic acids is 2. The van der Waals surface area contributed by atoms with Crippen molar-refractivity contribution in [2.75, 3.05) is 13.2 Å². The third-order valence-electron chi connectivity index (χ3n) is 6.65. The Morgan fingerprint density at radius 2 is 2.03 bits per heavy atom. The minimum absolute atomic E-state index is 0.196. The van der Waals surface area contributed by atoms with Crippen molar-refractivity contribution in [2.24, 2.45) is 5.41 Å². The molecule has 2 aliphatic rings. The summed E-state index contributed by atoms with van der Waals surface area (Å²) >= 11 is 0. The molecule has 1 heterocycles. The molecule has 1 unspecified atom stereocenters. The molecule has 1 aliphatic heterocycles. The first-order valence-electron chi connectivity index (χ1n) is 11.8. The van der Waals surface area contributed by atoms with Crippen molar-refractivity contribution in [1.29, 1.82) is 0 Å². The second-order valence-electron chi connectivity index (χ2n) is 9.77. The second kappa shape index (κ2) is 12.2. The average molecular weight is 445 g/mol. The second-order valence-corrected chi connectivity index (χ2v) is 9.77. The Balaban J connectivity index is 1.92. The summed E-state index contributed by atoms with van der Waals surface area (Å²) in [5.74, 6) is -0.733. The summed E-state index contributed by atoms with van der Waals surface area (Å²) < 4.78 is 10.4. The van der Waals surface area contributed by atoms with Gasteiger partial charge in [0.1, 0.15) is 12.7 Å². The van der Waals surface area contributed by atoms with Gasteiger partial charge in [0.05, 0.1) is 6.61 Å². The highest BCUT2D eigenvalue weighted by molar-refractivity contribution is 5.85. The van der Waals surface area contributed by atoms with E-state index in [-0.39, 0.29) is 19.2 Å². The number of aliphatic hydroxyl groups is 1. The summed E-state index contributed by atoms with van der Waals surface area (Å²) in [6.45, 7) is 10.7. The highest BCUT2D eigenvalue weighted by Gasteiger charge is 2.27. The fourth-order valence-corrected chi connectivity index (χ4v) is 4.70. The molecule has 0 bridgehead atoms. The monoisotopic (exact) mass is 444 g/mol. The zero-order valence-electron chi connectivity index (χ0n) is 20.5. The van der Waals surface area contributed by atoms with Gasteiger partial charge in [-0.05, 0) is 69.8 Å². The number of aliphatic hydroxyl groups excluding tert-OH is 1. The van der Waals surface area contributed by atoms with Crippen molar-refractivity contribution >= 4 is 11.9 Å². The lowest BCUT2D eigenvalue weighted by Gasteiger charge is -2.35. The summed E-state index contributed by atoms with van der Waals surface area (Å²) in [5, 5.41) is 9.39. The summed E-state index contributed by atoms with van der Waals surface area (Å²) in [7, 11) is 0. The van der Waals surface area contributed by atoms with E-state index in [0.717, 1.165) is 31.3 Å². The lowest BCUT2D eigenvalue weighted by Crippen LogP contribution is -2.20. The van der Waals surface area contributed by atoms with E-state index in [1.807, 2.05) is 6.08 Å². The lowest BCUT2D eigenvalue weighted by molar-refractivity contribution is -0.140. The number of cyclic esters (lactones) is 1. The van der Waals surface area contributed by atoms with Gasteiger partial charge in [0.15, 0.2) is 0 Å². The molecular formula is C27H40O5. The van der Waals surface area contributed by atoms with Gasteiger partial charge in [0, 0.05) is 25.0 Å². The number of esters is 2. The van der Waals surface area contributed by atoms with Gasteiger partial charge in [-0.25, -0.2) is 4.79 Å². The molecule has 0 fully saturated rings. The van der Waals surface area contributed by atoms with E-state index in [0.29, 0.717) is 17.4 Å². The first-order valence-corrected chi connectivity index (χ1v) is 11.8. The predicted octanol–water partition coefficient (Wildman–Crippen LogP) is 5.74. The Hall–Kier alpha value is -2.14. The van der Waals surface area contributed by atoms with Crippen molar-refractivity contribution in [3.63, 3.8) is 0 Å². The van der Waals surface area contributed by atoms with Crippen molar-refractivity contribution < 1.29 is 24.2 Å². The summed E-state index contributed by atoms with van der Waals surface area (Å²) in [6, 6.07) is 0. The number of allylic oxidation sites excluding steroid dienone is 4. The van der Waals surface area contributed by atoms with Crippen molar-refractivity contribution in [1.82, 2.24) is 0 Å². The van der Waals surface area contributed by atoms with Crippen LogP contribution in [0.1, 0.15) is 86.0 Å². The number of ether oxygens (including phenoxy) is 2. The normalized spacial score (nSPS) is 21.5. The van der Waals surface area contributed by atoms with Gasteiger partial charge in [-0.1, -0.05) is 42.7 Å². The standard InChI is InChI=1S/C27H40O5/c1-19(11-13-24-20(2)9-7-15-27(24,4)5)8-6-10-22(18-31-21(3)29)12-14-25-23(17-28)16-26(30)32-25/h8,12,16,25,28H,6-7,9-11,13-15,17-18H2,1-5H3. The van der Waals surface area contributed by atoms with Crippen LogP contribution < -0.4 is 0 Å². The van der Waals surface area contributed by atoms with Crippen LogP contribution in [0.25, 0.3) is 0 Å². The largest absolute Gasteiger partial charge is 0.461 e. The molecule has 2 rings (SSSR count). The smallest absolute Gasteiger partial charge is 0.331 e. The third-order valence-corrected chi connectivity index (χ3v) is 6.65. The van der Waals surface area contributed by atoms with E-state index in [2.05, 4.69) is 33.8 Å². The molecule has 1 N–H and O–H groups in total. The molecule has 178 valence electrons. The fraction of sp³-hybridized carbons (Fsp3) is 0.630. The molecule has 0 radical (unpaired) electrons. The van der Waals surface area contributed by atoms with Crippen LogP contribution in [0, 0.1) is 5.41 Å². The van der Waals surface area contributed by atoms with Crippen LogP contribution in [-0.4, -0.2) is 36.4 Å². The van der Waals surface area contributed by atoms with Gasteiger partial charge in [-0.15, -0.1) is 0 Å². The van der Waals surface area contributed by atoms with E-state index in [1.54, 1.807) is 11.1 Å². The Kier molecular flexibility index (Phi) is 9.95. The summed E-state index contributed by atoms with van der Waals surface area (Å²) in [5.41, 5.74) is 6.48. The SMILES string of the molecule is CC(=O)OCC(=CCC1OC(=O)C=C1CO)CCC=C(C)CCC1=C(C)CCCC1(C)C. The van der Waals surface area contributed by atoms with Crippen LogP contribution >= 0.6 is 0 Å². The Morgan fingerprint density at radius 3 is 2.69 bits per heavy atom. The van der Waals surface area contributed by atoms with Crippen LogP contribution in [0.4, 0.5) is 0 Å². The first kappa shape index (κ1) is 26.1. The zero-order valence-corrected chi connectivity index (χ0v) is 20.5. The third kappa shape index (κ3) is 8.09. The summed E-state index contributed by atoms with van der Waals surface area (Å²) in [6.07, 6.45) is 13.3. The number of hydrogen-bond donors (Lipinski definition) is 1. The van der Waals surface area contributed by atoms with Gasteiger partial charge in [-0.3, -0.25) is 4.79 Å². The molecule has 5 heteroatoms. The molecule has 1 aliphatic carbocycles. The van der Waals surface area contributed by atoms with Crippen LogP contribution in [0.2, 0.25) is 0 Å². The van der Waals surface area contributed by atoms with Crippen LogP contribution in [0.3, 0.4) is 0 Å². The van der Waals surface area contributed by atoms with Gasteiger partial charge in [0.2, 0.25) is 0 Å².